The SMILES string of the molecule is C=C(C)/C=C(/c1ccccc1)c1ccc(/C(=C\C(=C)C)c2ccccc2)c(C(C)CC)c1CCC. The molecule has 1 atom stereocenters. The van der Waals surface area contributed by atoms with Gasteiger partial charge in [-0.2, -0.15) is 0 Å². The molecule has 0 heterocycles. The Morgan fingerprint density at radius 3 is 1.60 bits per heavy atom. The highest BCUT2D eigenvalue weighted by Gasteiger charge is 2.22. The molecule has 0 radical (unpaired) electrons. The van der Waals surface area contributed by atoms with E-state index >= 15 is 0 Å². The van der Waals surface area contributed by atoms with Crippen LogP contribution >= 0.6 is 0 Å². The zero-order valence-electron chi connectivity index (χ0n) is 22.2. The monoisotopic (exact) mass is 460 g/mol. The summed E-state index contributed by atoms with van der Waals surface area (Å²) in [6, 6.07) is 26.1. The molecule has 0 saturated carbocycles. The maximum Gasteiger partial charge on any atom is -0.0106 e. The molecule has 0 heteroatoms. The van der Waals surface area contributed by atoms with Crippen LogP contribution in [0, 0.1) is 0 Å². The Balaban J connectivity index is 2.40. The van der Waals surface area contributed by atoms with Crippen LogP contribution in [-0.2, 0) is 6.42 Å². The van der Waals surface area contributed by atoms with E-state index in [1.54, 1.807) is 0 Å². The molecule has 180 valence electrons. The molecule has 0 aromatic heterocycles. The largest absolute Gasteiger partial charge is 0.0961 e. The standard InChI is InChI=1S/C35H40/c1-8-16-31-30(33(23-25(3)4)28-17-12-10-13-18-28)21-22-32(35(31)27(7)9-2)34(24-26(5)6)29-19-14-11-15-20-29/h10-15,17-24,27H,3,5,8-9,16H2,1-2,4,6-7H3/b33-23-,34-24-. The predicted molar refractivity (Wildman–Crippen MR) is 156 cm³/mol. The summed E-state index contributed by atoms with van der Waals surface area (Å²) in [6.07, 6.45) is 7.71. The molecule has 0 amide bonds. The van der Waals surface area contributed by atoms with Gasteiger partial charge in [-0.1, -0.05) is 136 Å². The normalized spacial score (nSPS) is 12.9. The van der Waals surface area contributed by atoms with Gasteiger partial charge in [-0.25, -0.2) is 0 Å². The number of hydrogen-bond acceptors (Lipinski definition) is 0. The molecule has 3 aromatic carbocycles. The maximum absolute atomic E-state index is 4.22. The fraction of sp³-hybridized carbons (Fsp3) is 0.257. The van der Waals surface area contributed by atoms with Crippen molar-refractivity contribution in [2.24, 2.45) is 0 Å². The van der Waals surface area contributed by atoms with Crippen molar-refractivity contribution in [3.05, 3.63) is 143 Å². The summed E-state index contributed by atoms with van der Waals surface area (Å²) in [5, 5.41) is 0. The van der Waals surface area contributed by atoms with Crippen molar-refractivity contribution >= 4 is 11.1 Å². The Bertz CT molecular complexity index is 1220. The van der Waals surface area contributed by atoms with Gasteiger partial charge in [0.05, 0.1) is 0 Å². The number of benzene rings is 3. The molecule has 0 fully saturated rings. The van der Waals surface area contributed by atoms with Crippen molar-refractivity contribution in [3.8, 4) is 0 Å². The van der Waals surface area contributed by atoms with Gasteiger partial charge >= 0.3 is 0 Å². The minimum Gasteiger partial charge on any atom is -0.0961 e. The topological polar surface area (TPSA) is 0 Å². The first-order chi connectivity index (χ1) is 16.9. The minimum atomic E-state index is 0.436. The number of allylic oxidation sites excluding steroid dienone is 4. The van der Waals surface area contributed by atoms with E-state index in [0.29, 0.717) is 5.92 Å². The van der Waals surface area contributed by atoms with E-state index in [9.17, 15) is 0 Å². The quantitative estimate of drug-likeness (QED) is 0.264. The number of hydrogen-bond donors (Lipinski definition) is 0. The summed E-state index contributed by atoms with van der Waals surface area (Å²) < 4.78 is 0. The lowest BCUT2D eigenvalue weighted by Gasteiger charge is -2.26. The number of rotatable bonds is 10. The zero-order chi connectivity index (χ0) is 25.4. The molecule has 1 unspecified atom stereocenters. The first-order valence-electron chi connectivity index (χ1n) is 12.9. The van der Waals surface area contributed by atoms with Crippen molar-refractivity contribution in [1.29, 1.82) is 0 Å². The first-order valence-corrected chi connectivity index (χ1v) is 12.9. The van der Waals surface area contributed by atoms with Crippen molar-refractivity contribution < 1.29 is 0 Å². The minimum absolute atomic E-state index is 0.436. The molecule has 3 rings (SSSR count). The van der Waals surface area contributed by atoms with Crippen LogP contribution in [0.1, 0.15) is 86.8 Å². The third-order valence-electron chi connectivity index (χ3n) is 6.49. The van der Waals surface area contributed by atoms with Crippen molar-refractivity contribution in [2.45, 2.75) is 59.8 Å². The molecule has 35 heavy (non-hydrogen) atoms. The van der Waals surface area contributed by atoms with Crippen molar-refractivity contribution in [3.63, 3.8) is 0 Å². The Kier molecular flexibility index (Phi) is 9.26. The molecular weight excluding hydrogens is 420 g/mol. The van der Waals surface area contributed by atoms with Gasteiger partial charge in [-0.15, -0.1) is 0 Å². The van der Waals surface area contributed by atoms with E-state index < -0.39 is 0 Å². The van der Waals surface area contributed by atoms with E-state index in [-0.39, 0.29) is 0 Å². The Labute approximate surface area is 213 Å². The summed E-state index contributed by atoms with van der Waals surface area (Å²) in [5.74, 6) is 0.436. The molecule has 0 spiro atoms. The van der Waals surface area contributed by atoms with E-state index in [0.717, 1.165) is 30.4 Å². The van der Waals surface area contributed by atoms with E-state index in [1.807, 2.05) is 0 Å². The Hall–Kier alpha value is -3.38. The predicted octanol–water partition coefficient (Wildman–Crippen LogP) is 10.2. The van der Waals surface area contributed by atoms with Crippen LogP contribution in [0.3, 0.4) is 0 Å². The van der Waals surface area contributed by atoms with Crippen LogP contribution in [0.2, 0.25) is 0 Å². The van der Waals surface area contributed by atoms with Gasteiger partial charge < -0.3 is 0 Å². The van der Waals surface area contributed by atoms with Gasteiger partial charge in [0, 0.05) is 0 Å². The van der Waals surface area contributed by atoms with E-state index in [4.69, 9.17) is 0 Å². The highest BCUT2D eigenvalue weighted by atomic mass is 14.3. The molecule has 0 aliphatic carbocycles. The second-order valence-corrected chi connectivity index (χ2v) is 9.65. The van der Waals surface area contributed by atoms with Gasteiger partial charge in [0.25, 0.3) is 0 Å². The van der Waals surface area contributed by atoms with Crippen LogP contribution in [0.5, 0.6) is 0 Å². The first kappa shape index (κ1) is 26.2. The zero-order valence-corrected chi connectivity index (χ0v) is 22.2. The third-order valence-corrected chi connectivity index (χ3v) is 6.49. The van der Waals surface area contributed by atoms with Gasteiger partial charge in [-0.3, -0.25) is 0 Å². The van der Waals surface area contributed by atoms with Crippen molar-refractivity contribution in [2.75, 3.05) is 0 Å². The molecular formula is C35H40. The molecule has 0 saturated heterocycles. The molecule has 0 aliphatic heterocycles. The lowest BCUT2D eigenvalue weighted by molar-refractivity contribution is 0.715. The van der Waals surface area contributed by atoms with E-state index in [1.165, 1.54) is 44.5 Å². The third kappa shape index (κ3) is 6.40. The molecule has 0 aliphatic rings. The Morgan fingerprint density at radius 2 is 1.17 bits per heavy atom. The second kappa shape index (κ2) is 12.4. The van der Waals surface area contributed by atoms with E-state index in [2.05, 4.69) is 133 Å². The Morgan fingerprint density at radius 1 is 0.714 bits per heavy atom. The van der Waals surface area contributed by atoms with Gasteiger partial charge in [0.2, 0.25) is 0 Å². The second-order valence-electron chi connectivity index (χ2n) is 9.65. The summed E-state index contributed by atoms with van der Waals surface area (Å²) in [4.78, 5) is 0. The highest BCUT2D eigenvalue weighted by Crippen LogP contribution is 2.40. The molecule has 0 bridgehead atoms. The van der Waals surface area contributed by atoms with Crippen molar-refractivity contribution in [1.82, 2.24) is 0 Å². The van der Waals surface area contributed by atoms with Gasteiger partial charge in [-0.05, 0) is 77.1 Å². The van der Waals surface area contributed by atoms with Crippen LogP contribution in [0.4, 0.5) is 0 Å². The summed E-state index contributed by atoms with van der Waals surface area (Å²) in [6.45, 7) is 19.5. The highest BCUT2D eigenvalue weighted by molar-refractivity contribution is 5.88. The maximum atomic E-state index is 4.22. The average Bonchev–Trinajstić information content (AvgIpc) is 2.86. The fourth-order valence-corrected chi connectivity index (χ4v) is 4.80. The fourth-order valence-electron chi connectivity index (χ4n) is 4.80. The van der Waals surface area contributed by atoms with Gasteiger partial charge in [0.15, 0.2) is 0 Å². The van der Waals surface area contributed by atoms with Crippen LogP contribution in [0.15, 0.2) is 109 Å². The van der Waals surface area contributed by atoms with Crippen LogP contribution in [-0.4, -0.2) is 0 Å². The molecule has 3 aromatic rings. The summed E-state index contributed by atoms with van der Waals surface area (Å²) in [5.41, 5.74) is 12.7. The summed E-state index contributed by atoms with van der Waals surface area (Å²) in [7, 11) is 0. The smallest absolute Gasteiger partial charge is 0.0106 e. The molecule has 0 N–H and O–H groups in total. The molecule has 0 nitrogen and oxygen atoms in total. The van der Waals surface area contributed by atoms with Gasteiger partial charge in [0.1, 0.15) is 0 Å². The average molecular weight is 461 g/mol. The summed E-state index contributed by atoms with van der Waals surface area (Å²) >= 11 is 0. The van der Waals surface area contributed by atoms with Crippen LogP contribution < -0.4 is 0 Å². The lowest BCUT2D eigenvalue weighted by Crippen LogP contribution is -2.09. The lowest BCUT2D eigenvalue weighted by atomic mass is 9.78. The van der Waals surface area contributed by atoms with Crippen LogP contribution in [0.25, 0.3) is 11.1 Å².